The number of anilines is 1. The van der Waals surface area contributed by atoms with Crippen LogP contribution in [0.15, 0.2) is 12.4 Å². The zero-order valence-corrected chi connectivity index (χ0v) is 12.3. The van der Waals surface area contributed by atoms with Crippen LogP contribution in [-0.2, 0) is 11.3 Å². The highest BCUT2D eigenvalue weighted by Crippen LogP contribution is 2.18. The highest BCUT2D eigenvalue weighted by Gasteiger charge is 2.24. The van der Waals surface area contributed by atoms with E-state index in [-0.39, 0.29) is 0 Å². The molecule has 2 heterocycles. The van der Waals surface area contributed by atoms with E-state index in [2.05, 4.69) is 42.3 Å². The van der Waals surface area contributed by atoms with Crippen LogP contribution >= 0.6 is 0 Å². The van der Waals surface area contributed by atoms with Crippen molar-refractivity contribution in [3.63, 3.8) is 0 Å². The van der Waals surface area contributed by atoms with E-state index in [9.17, 15) is 0 Å². The lowest BCUT2D eigenvalue weighted by Crippen LogP contribution is -2.27. The molecule has 0 aliphatic carbocycles. The van der Waals surface area contributed by atoms with Crippen molar-refractivity contribution in [1.29, 1.82) is 0 Å². The van der Waals surface area contributed by atoms with E-state index < -0.39 is 0 Å². The Bertz CT molecular complexity index is 375. The molecule has 0 bridgehead atoms. The Balaban J connectivity index is 1.81. The predicted octanol–water partition coefficient (Wildman–Crippen LogP) is 1.81. The Hall–Kier alpha value is -1.07. The van der Waals surface area contributed by atoms with Gasteiger partial charge in [-0.3, -0.25) is 4.68 Å². The standard InChI is InChI=1S/C14H26N4O/c1-4-17(5-2)7-8-18-11-13(10-15-18)16-14-6-9-19-12(14)3/h10-12,14,16H,4-9H2,1-3H3. The van der Waals surface area contributed by atoms with Gasteiger partial charge in [0.25, 0.3) is 0 Å². The molecule has 2 rings (SSSR count). The van der Waals surface area contributed by atoms with Gasteiger partial charge < -0.3 is 15.0 Å². The van der Waals surface area contributed by atoms with Crippen molar-refractivity contribution < 1.29 is 4.74 Å². The first-order valence-electron chi connectivity index (χ1n) is 7.35. The largest absolute Gasteiger partial charge is 0.377 e. The number of ether oxygens (including phenoxy) is 1. The molecule has 1 fully saturated rings. The molecule has 0 saturated carbocycles. The van der Waals surface area contributed by atoms with Crippen LogP contribution in [0.4, 0.5) is 5.69 Å². The molecule has 1 saturated heterocycles. The molecule has 5 heteroatoms. The van der Waals surface area contributed by atoms with E-state index in [4.69, 9.17) is 4.74 Å². The summed E-state index contributed by atoms with van der Waals surface area (Å²) >= 11 is 0. The monoisotopic (exact) mass is 266 g/mol. The number of likely N-dealkylation sites (N-methyl/N-ethyl adjacent to an activating group) is 1. The topological polar surface area (TPSA) is 42.3 Å². The molecule has 2 unspecified atom stereocenters. The highest BCUT2D eigenvalue weighted by atomic mass is 16.5. The van der Waals surface area contributed by atoms with Gasteiger partial charge in [-0.05, 0) is 26.4 Å². The Morgan fingerprint density at radius 2 is 2.26 bits per heavy atom. The van der Waals surface area contributed by atoms with Gasteiger partial charge in [0.15, 0.2) is 0 Å². The van der Waals surface area contributed by atoms with Crippen molar-refractivity contribution in [2.45, 2.75) is 45.9 Å². The molecule has 0 aromatic carbocycles. The number of aromatic nitrogens is 2. The molecule has 1 aromatic rings. The van der Waals surface area contributed by atoms with Crippen molar-refractivity contribution in [3.8, 4) is 0 Å². The van der Waals surface area contributed by atoms with Gasteiger partial charge in [-0.2, -0.15) is 5.10 Å². The quantitative estimate of drug-likeness (QED) is 0.817. The minimum absolute atomic E-state index is 0.291. The van der Waals surface area contributed by atoms with Crippen LogP contribution in [0.1, 0.15) is 27.2 Å². The fraction of sp³-hybridized carbons (Fsp3) is 0.786. The SMILES string of the molecule is CCN(CC)CCn1cc(NC2CCOC2C)cn1. The van der Waals surface area contributed by atoms with E-state index in [1.165, 1.54) is 0 Å². The second-order valence-corrected chi connectivity index (χ2v) is 5.13. The highest BCUT2D eigenvalue weighted by molar-refractivity contribution is 5.39. The second-order valence-electron chi connectivity index (χ2n) is 5.13. The Morgan fingerprint density at radius 3 is 2.89 bits per heavy atom. The van der Waals surface area contributed by atoms with E-state index in [0.717, 1.165) is 44.9 Å². The van der Waals surface area contributed by atoms with Crippen molar-refractivity contribution in [2.24, 2.45) is 0 Å². The molecule has 0 amide bonds. The minimum atomic E-state index is 0.291. The van der Waals surface area contributed by atoms with Crippen LogP contribution in [-0.4, -0.2) is 53.1 Å². The van der Waals surface area contributed by atoms with Crippen LogP contribution < -0.4 is 5.32 Å². The number of nitrogens with zero attached hydrogens (tertiary/aromatic N) is 3. The summed E-state index contributed by atoms with van der Waals surface area (Å²) in [5.41, 5.74) is 1.10. The average molecular weight is 266 g/mol. The number of hydrogen-bond acceptors (Lipinski definition) is 4. The lowest BCUT2D eigenvalue weighted by atomic mass is 10.1. The Kier molecular flexibility index (Phi) is 5.22. The molecule has 1 N–H and O–H groups in total. The first-order valence-corrected chi connectivity index (χ1v) is 7.35. The van der Waals surface area contributed by atoms with Crippen molar-refractivity contribution in [1.82, 2.24) is 14.7 Å². The maximum Gasteiger partial charge on any atom is 0.0748 e. The van der Waals surface area contributed by atoms with Gasteiger partial charge in [0, 0.05) is 19.3 Å². The van der Waals surface area contributed by atoms with Crippen molar-refractivity contribution >= 4 is 5.69 Å². The third-order valence-corrected chi connectivity index (χ3v) is 3.90. The van der Waals surface area contributed by atoms with Gasteiger partial charge in [-0.1, -0.05) is 13.8 Å². The van der Waals surface area contributed by atoms with Gasteiger partial charge in [0.2, 0.25) is 0 Å². The lowest BCUT2D eigenvalue weighted by molar-refractivity contribution is 0.121. The van der Waals surface area contributed by atoms with Crippen LogP contribution in [0.25, 0.3) is 0 Å². The molecule has 1 aromatic heterocycles. The lowest BCUT2D eigenvalue weighted by Gasteiger charge is -2.17. The molecule has 1 aliphatic heterocycles. The fourth-order valence-electron chi connectivity index (χ4n) is 2.48. The molecule has 2 atom stereocenters. The van der Waals surface area contributed by atoms with E-state index in [0.29, 0.717) is 12.1 Å². The summed E-state index contributed by atoms with van der Waals surface area (Å²) in [6.45, 7) is 11.6. The third-order valence-electron chi connectivity index (χ3n) is 3.90. The smallest absolute Gasteiger partial charge is 0.0748 e. The predicted molar refractivity (Wildman–Crippen MR) is 77.5 cm³/mol. The normalized spacial score (nSPS) is 23.2. The zero-order valence-electron chi connectivity index (χ0n) is 12.3. The van der Waals surface area contributed by atoms with Gasteiger partial charge in [0.1, 0.15) is 0 Å². The van der Waals surface area contributed by atoms with E-state index in [1.54, 1.807) is 0 Å². The molecular formula is C14H26N4O. The molecule has 0 spiro atoms. The molecule has 5 nitrogen and oxygen atoms in total. The first kappa shape index (κ1) is 14.3. The van der Waals surface area contributed by atoms with Crippen molar-refractivity contribution in [2.75, 3.05) is 31.6 Å². The van der Waals surface area contributed by atoms with E-state index >= 15 is 0 Å². The summed E-state index contributed by atoms with van der Waals surface area (Å²) < 4.78 is 7.57. The Labute approximate surface area is 115 Å². The summed E-state index contributed by atoms with van der Waals surface area (Å²) in [5.74, 6) is 0. The van der Waals surface area contributed by atoms with Crippen LogP contribution in [0.5, 0.6) is 0 Å². The molecular weight excluding hydrogens is 240 g/mol. The van der Waals surface area contributed by atoms with Crippen molar-refractivity contribution in [3.05, 3.63) is 12.4 Å². The third kappa shape index (κ3) is 3.94. The van der Waals surface area contributed by atoms with Gasteiger partial charge >= 0.3 is 0 Å². The maximum absolute atomic E-state index is 5.56. The minimum Gasteiger partial charge on any atom is -0.377 e. The molecule has 1 aliphatic rings. The summed E-state index contributed by atoms with van der Waals surface area (Å²) in [7, 11) is 0. The molecule has 19 heavy (non-hydrogen) atoms. The first-order chi connectivity index (χ1) is 9.22. The van der Waals surface area contributed by atoms with Crippen LogP contribution in [0.2, 0.25) is 0 Å². The molecule has 108 valence electrons. The maximum atomic E-state index is 5.56. The molecule has 0 radical (unpaired) electrons. The van der Waals surface area contributed by atoms with Gasteiger partial charge in [-0.25, -0.2) is 0 Å². The number of hydrogen-bond donors (Lipinski definition) is 1. The van der Waals surface area contributed by atoms with Crippen LogP contribution in [0.3, 0.4) is 0 Å². The Morgan fingerprint density at radius 1 is 1.47 bits per heavy atom. The second kappa shape index (κ2) is 6.91. The van der Waals surface area contributed by atoms with Crippen LogP contribution in [0, 0.1) is 0 Å². The van der Waals surface area contributed by atoms with Gasteiger partial charge in [-0.15, -0.1) is 0 Å². The summed E-state index contributed by atoms with van der Waals surface area (Å²) in [6.07, 6.45) is 5.37. The summed E-state index contributed by atoms with van der Waals surface area (Å²) in [4.78, 5) is 2.40. The summed E-state index contributed by atoms with van der Waals surface area (Å²) in [5, 5.41) is 7.92. The number of nitrogens with one attached hydrogen (secondary N) is 1. The average Bonchev–Trinajstić information content (AvgIpc) is 3.02. The number of rotatable bonds is 7. The van der Waals surface area contributed by atoms with Gasteiger partial charge in [0.05, 0.1) is 30.6 Å². The summed E-state index contributed by atoms with van der Waals surface area (Å²) in [6, 6.07) is 0.417. The fourth-order valence-corrected chi connectivity index (χ4v) is 2.48. The zero-order chi connectivity index (χ0) is 13.7. The van der Waals surface area contributed by atoms with E-state index in [1.807, 2.05) is 10.9 Å².